The fourth-order valence-corrected chi connectivity index (χ4v) is 3.21. The van der Waals surface area contributed by atoms with Gasteiger partial charge in [-0.3, -0.25) is 4.79 Å². The number of carbonyl (C=O) groups excluding carboxylic acids is 1. The molecule has 2 unspecified atom stereocenters. The van der Waals surface area contributed by atoms with Crippen molar-refractivity contribution in [1.29, 1.82) is 0 Å². The molecule has 4 nitrogen and oxygen atoms in total. The van der Waals surface area contributed by atoms with Crippen molar-refractivity contribution in [2.24, 2.45) is 5.92 Å². The van der Waals surface area contributed by atoms with E-state index < -0.39 is 0 Å². The Morgan fingerprint density at radius 1 is 1.43 bits per heavy atom. The second-order valence-corrected chi connectivity index (χ2v) is 6.18. The minimum Gasteiger partial charge on any atom is -0.393 e. The minimum atomic E-state index is -0.263. The molecule has 1 heterocycles. The van der Waals surface area contributed by atoms with Crippen LogP contribution in [0.5, 0.6) is 0 Å². The molecule has 1 amide bonds. The minimum absolute atomic E-state index is 0.00931. The Balaban J connectivity index is 1.61. The van der Waals surface area contributed by atoms with E-state index in [0.29, 0.717) is 18.0 Å². The van der Waals surface area contributed by atoms with Gasteiger partial charge in [-0.2, -0.15) is 0 Å². The van der Waals surface area contributed by atoms with Crippen molar-refractivity contribution in [3.63, 3.8) is 0 Å². The highest BCUT2D eigenvalue weighted by molar-refractivity contribution is 6.31. The smallest absolute Gasteiger partial charge is 0.224 e. The normalized spacial score (nSPS) is 21.8. The number of carbonyl (C=O) groups is 1. The van der Waals surface area contributed by atoms with E-state index in [2.05, 4.69) is 10.3 Å². The maximum Gasteiger partial charge on any atom is 0.224 e. The Kier molecular flexibility index (Phi) is 4.17. The van der Waals surface area contributed by atoms with E-state index >= 15 is 0 Å². The van der Waals surface area contributed by atoms with E-state index in [0.717, 1.165) is 35.7 Å². The predicted molar refractivity (Wildman–Crippen MR) is 83.4 cm³/mol. The maximum absolute atomic E-state index is 12.1. The lowest BCUT2D eigenvalue weighted by Crippen LogP contribution is -2.33. The van der Waals surface area contributed by atoms with E-state index in [1.807, 2.05) is 24.4 Å². The zero-order valence-corrected chi connectivity index (χ0v) is 12.5. The van der Waals surface area contributed by atoms with Gasteiger partial charge in [-0.05, 0) is 30.5 Å². The molecule has 0 aliphatic heterocycles. The molecule has 112 valence electrons. The Bertz CT molecular complexity index is 653. The average molecular weight is 307 g/mol. The van der Waals surface area contributed by atoms with Crippen molar-refractivity contribution in [3.8, 4) is 0 Å². The lowest BCUT2D eigenvalue weighted by atomic mass is 10.1. The van der Waals surface area contributed by atoms with Gasteiger partial charge in [0.1, 0.15) is 0 Å². The summed E-state index contributed by atoms with van der Waals surface area (Å²) in [7, 11) is 0. The van der Waals surface area contributed by atoms with Gasteiger partial charge in [0.2, 0.25) is 5.91 Å². The van der Waals surface area contributed by atoms with Gasteiger partial charge in [-0.1, -0.05) is 24.1 Å². The lowest BCUT2D eigenvalue weighted by molar-refractivity contribution is -0.120. The highest BCUT2D eigenvalue weighted by Crippen LogP contribution is 2.25. The van der Waals surface area contributed by atoms with Crippen LogP contribution in [0.25, 0.3) is 10.9 Å². The highest BCUT2D eigenvalue weighted by atomic mass is 35.5. The topological polar surface area (TPSA) is 65.1 Å². The molecule has 0 radical (unpaired) electrons. The number of H-pyrrole nitrogens is 1. The van der Waals surface area contributed by atoms with E-state index in [1.165, 1.54) is 0 Å². The summed E-state index contributed by atoms with van der Waals surface area (Å²) in [4.78, 5) is 15.2. The molecular weight excluding hydrogens is 288 g/mol. The van der Waals surface area contributed by atoms with Crippen LogP contribution in [0.1, 0.15) is 24.8 Å². The molecule has 1 saturated carbocycles. The van der Waals surface area contributed by atoms with Crippen molar-refractivity contribution in [2.75, 3.05) is 6.54 Å². The van der Waals surface area contributed by atoms with E-state index in [4.69, 9.17) is 11.6 Å². The van der Waals surface area contributed by atoms with E-state index in [9.17, 15) is 9.90 Å². The number of rotatable bonds is 4. The molecule has 1 fully saturated rings. The standard InChI is InChI=1S/C16H19ClN2O2/c17-12-4-5-13-11(9-18-14(13)7-12)6-16(21)19-8-10-2-1-3-15(10)20/h4-5,7,9-10,15,18,20H,1-3,6,8H2,(H,19,21). The Hall–Kier alpha value is -1.52. The van der Waals surface area contributed by atoms with Crippen molar-refractivity contribution >= 4 is 28.4 Å². The molecule has 0 bridgehead atoms. The first-order chi connectivity index (χ1) is 10.1. The molecule has 1 aromatic heterocycles. The van der Waals surface area contributed by atoms with Gasteiger partial charge in [-0.25, -0.2) is 0 Å². The van der Waals surface area contributed by atoms with Gasteiger partial charge in [-0.15, -0.1) is 0 Å². The number of hydrogen-bond donors (Lipinski definition) is 3. The molecule has 5 heteroatoms. The monoisotopic (exact) mass is 306 g/mol. The van der Waals surface area contributed by atoms with E-state index in [-0.39, 0.29) is 17.9 Å². The number of nitrogens with one attached hydrogen (secondary N) is 2. The fraction of sp³-hybridized carbons (Fsp3) is 0.438. The quantitative estimate of drug-likeness (QED) is 0.813. The molecular formula is C16H19ClN2O2. The largest absolute Gasteiger partial charge is 0.393 e. The van der Waals surface area contributed by atoms with Crippen LogP contribution < -0.4 is 5.32 Å². The summed E-state index contributed by atoms with van der Waals surface area (Å²) in [6.07, 6.45) is 4.82. The predicted octanol–water partition coefficient (Wildman–Crippen LogP) is 2.64. The molecule has 0 saturated heterocycles. The number of aromatic nitrogens is 1. The van der Waals surface area contributed by atoms with Crippen molar-refractivity contribution < 1.29 is 9.90 Å². The molecule has 1 aliphatic carbocycles. The summed E-state index contributed by atoms with van der Waals surface area (Å²) in [5, 5.41) is 14.4. The maximum atomic E-state index is 12.1. The first-order valence-corrected chi connectivity index (χ1v) is 7.71. The van der Waals surface area contributed by atoms with Gasteiger partial charge in [0, 0.05) is 34.6 Å². The SMILES string of the molecule is O=C(Cc1c[nH]c2cc(Cl)ccc12)NCC1CCCC1O. The van der Waals surface area contributed by atoms with Crippen LogP contribution in [-0.2, 0) is 11.2 Å². The molecule has 0 spiro atoms. The van der Waals surface area contributed by atoms with Crippen molar-refractivity contribution in [3.05, 3.63) is 35.0 Å². The van der Waals surface area contributed by atoms with Crippen LogP contribution in [0.3, 0.4) is 0 Å². The van der Waals surface area contributed by atoms with Crippen LogP contribution in [-0.4, -0.2) is 28.6 Å². The number of benzene rings is 1. The molecule has 3 N–H and O–H groups in total. The number of aliphatic hydroxyl groups excluding tert-OH is 1. The molecule has 1 aromatic carbocycles. The molecule has 1 aliphatic rings. The zero-order valence-electron chi connectivity index (χ0n) is 11.7. The summed E-state index contributed by atoms with van der Waals surface area (Å²) in [5.41, 5.74) is 1.91. The molecule has 2 aromatic rings. The first kappa shape index (κ1) is 14.4. The van der Waals surface area contributed by atoms with Gasteiger partial charge < -0.3 is 15.4 Å². The second kappa shape index (κ2) is 6.08. The summed E-state index contributed by atoms with van der Waals surface area (Å²) in [6.45, 7) is 0.564. The number of aliphatic hydroxyl groups is 1. The third-order valence-electron chi connectivity index (χ3n) is 4.26. The van der Waals surface area contributed by atoms with Gasteiger partial charge in [0.15, 0.2) is 0 Å². The number of hydrogen-bond acceptors (Lipinski definition) is 2. The summed E-state index contributed by atoms with van der Waals surface area (Å²) < 4.78 is 0. The number of aromatic amines is 1. The Morgan fingerprint density at radius 2 is 2.29 bits per heavy atom. The van der Waals surface area contributed by atoms with Crippen LogP contribution >= 0.6 is 11.6 Å². The van der Waals surface area contributed by atoms with Crippen LogP contribution in [0.2, 0.25) is 5.02 Å². The molecule has 21 heavy (non-hydrogen) atoms. The van der Waals surface area contributed by atoms with Gasteiger partial charge in [0.05, 0.1) is 12.5 Å². The van der Waals surface area contributed by atoms with Crippen LogP contribution in [0.4, 0.5) is 0 Å². The van der Waals surface area contributed by atoms with Crippen LogP contribution in [0, 0.1) is 5.92 Å². The third kappa shape index (κ3) is 3.22. The number of fused-ring (bicyclic) bond motifs is 1. The summed E-state index contributed by atoms with van der Waals surface area (Å²) in [5.74, 6) is 0.195. The Morgan fingerprint density at radius 3 is 3.05 bits per heavy atom. The zero-order chi connectivity index (χ0) is 14.8. The number of amides is 1. The average Bonchev–Trinajstić information content (AvgIpc) is 3.03. The van der Waals surface area contributed by atoms with Gasteiger partial charge >= 0.3 is 0 Å². The van der Waals surface area contributed by atoms with Crippen LogP contribution in [0.15, 0.2) is 24.4 Å². The third-order valence-corrected chi connectivity index (χ3v) is 4.50. The van der Waals surface area contributed by atoms with Crippen molar-refractivity contribution in [1.82, 2.24) is 10.3 Å². The lowest BCUT2D eigenvalue weighted by Gasteiger charge is -2.14. The fourth-order valence-electron chi connectivity index (χ4n) is 3.04. The highest BCUT2D eigenvalue weighted by Gasteiger charge is 2.25. The van der Waals surface area contributed by atoms with Crippen molar-refractivity contribution in [2.45, 2.75) is 31.8 Å². The summed E-state index contributed by atoms with van der Waals surface area (Å²) >= 11 is 5.95. The van der Waals surface area contributed by atoms with Gasteiger partial charge in [0.25, 0.3) is 0 Å². The molecule has 2 atom stereocenters. The second-order valence-electron chi connectivity index (χ2n) is 5.74. The number of halogens is 1. The summed E-state index contributed by atoms with van der Waals surface area (Å²) in [6, 6.07) is 5.61. The van der Waals surface area contributed by atoms with E-state index in [1.54, 1.807) is 0 Å². The first-order valence-electron chi connectivity index (χ1n) is 7.34. The molecule has 3 rings (SSSR count). The Labute approximate surface area is 128 Å².